The monoisotopic (exact) mass is 438 g/mol. The molecule has 0 radical (unpaired) electrons. The van der Waals surface area contributed by atoms with E-state index in [1.807, 2.05) is 54.6 Å². The third-order valence-electron chi connectivity index (χ3n) is 4.93. The minimum absolute atomic E-state index is 0.247. The molecule has 2 aromatic carbocycles. The van der Waals surface area contributed by atoms with E-state index < -0.39 is 11.1 Å². The van der Waals surface area contributed by atoms with E-state index in [1.165, 1.54) is 0 Å². The van der Waals surface area contributed by atoms with E-state index in [-0.39, 0.29) is 12.5 Å². The van der Waals surface area contributed by atoms with Gasteiger partial charge in [0.15, 0.2) is 0 Å². The van der Waals surface area contributed by atoms with Crippen molar-refractivity contribution in [2.45, 2.75) is 6.61 Å². The molecule has 4 rings (SSSR count). The van der Waals surface area contributed by atoms with E-state index in [0.29, 0.717) is 43.6 Å². The Kier molecular flexibility index (Phi) is 6.69. The molecule has 2 heterocycles. The lowest BCUT2D eigenvalue weighted by Crippen LogP contribution is -2.46. The van der Waals surface area contributed by atoms with E-state index in [4.69, 9.17) is 9.47 Å². The maximum Gasteiger partial charge on any atom is 0.294 e. The number of imide groups is 1. The fourth-order valence-corrected chi connectivity index (χ4v) is 4.11. The van der Waals surface area contributed by atoms with Crippen molar-refractivity contribution in [2.24, 2.45) is 0 Å². The van der Waals surface area contributed by atoms with Crippen molar-refractivity contribution in [3.8, 4) is 5.75 Å². The topological polar surface area (TPSA) is 76.2 Å². The Morgan fingerprint density at radius 2 is 1.84 bits per heavy atom. The molecule has 31 heavy (non-hydrogen) atoms. The number of carbonyl (C=O) groups excluding carboxylic acids is 3. The molecule has 0 bridgehead atoms. The molecule has 0 aliphatic carbocycles. The minimum Gasteiger partial charge on any atom is -0.489 e. The SMILES string of the molecule is O=C(CN1C(=O)S/C(=C/c2cccc(OCc3ccccc3)c2)C1=O)N1CCOCC1. The summed E-state index contributed by atoms with van der Waals surface area (Å²) < 4.78 is 11.1. The molecular formula is C23H22N2O5S. The molecule has 2 aliphatic rings. The Morgan fingerprint density at radius 1 is 1.06 bits per heavy atom. The van der Waals surface area contributed by atoms with Crippen LogP contribution in [0.1, 0.15) is 11.1 Å². The maximum atomic E-state index is 12.7. The Bertz CT molecular complexity index is 1000. The summed E-state index contributed by atoms with van der Waals surface area (Å²) in [5, 5.41) is -0.436. The van der Waals surface area contributed by atoms with Gasteiger partial charge in [-0.05, 0) is 41.1 Å². The van der Waals surface area contributed by atoms with Crippen LogP contribution in [-0.4, -0.2) is 59.7 Å². The van der Waals surface area contributed by atoms with Gasteiger partial charge in [0.05, 0.1) is 18.1 Å². The third-order valence-corrected chi connectivity index (χ3v) is 5.84. The Labute approximate surface area is 184 Å². The summed E-state index contributed by atoms with van der Waals surface area (Å²) in [4.78, 5) is 40.4. The van der Waals surface area contributed by atoms with Gasteiger partial charge in [0.1, 0.15) is 18.9 Å². The summed E-state index contributed by atoms with van der Waals surface area (Å²) in [6, 6.07) is 17.1. The summed E-state index contributed by atoms with van der Waals surface area (Å²) in [5.41, 5.74) is 1.80. The highest BCUT2D eigenvalue weighted by atomic mass is 32.2. The molecule has 160 valence electrons. The van der Waals surface area contributed by atoms with Crippen LogP contribution in [0.25, 0.3) is 6.08 Å². The fraction of sp³-hybridized carbons (Fsp3) is 0.261. The number of thioether (sulfide) groups is 1. The van der Waals surface area contributed by atoms with Gasteiger partial charge in [-0.25, -0.2) is 0 Å². The van der Waals surface area contributed by atoms with Gasteiger partial charge in [0, 0.05) is 13.1 Å². The number of hydrogen-bond acceptors (Lipinski definition) is 6. The Hall–Kier alpha value is -3.10. The second-order valence-corrected chi connectivity index (χ2v) is 8.10. The molecule has 2 saturated heterocycles. The van der Waals surface area contributed by atoms with Crippen LogP contribution in [0.3, 0.4) is 0 Å². The lowest BCUT2D eigenvalue weighted by Gasteiger charge is -2.28. The van der Waals surface area contributed by atoms with Crippen LogP contribution in [0, 0.1) is 0 Å². The van der Waals surface area contributed by atoms with Gasteiger partial charge in [-0.15, -0.1) is 0 Å². The van der Waals surface area contributed by atoms with Gasteiger partial charge >= 0.3 is 0 Å². The predicted molar refractivity (Wildman–Crippen MR) is 117 cm³/mol. The zero-order chi connectivity index (χ0) is 21.6. The van der Waals surface area contributed by atoms with Crippen molar-refractivity contribution in [1.29, 1.82) is 0 Å². The molecule has 2 aromatic rings. The average Bonchev–Trinajstić information content (AvgIpc) is 3.06. The first kappa shape index (κ1) is 21.1. The van der Waals surface area contributed by atoms with E-state index in [1.54, 1.807) is 11.0 Å². The Balaban J connectivity index is 1.41. The number of ether oxygens (including phenoxy) is 2. The lowest BCUT2D eigenvalue weighted by molar-refractivity contribution is -0.139. The molecule has 0 unspecified atom stereocenters. The number of benzene rings is 2. The molecule has 2 fully saturated rings. The van der Waals surface area contributed by atoms with Gasteiger partial charge in [-0.2, -0.15) is 0 Å². The van der Waals surface area contributed by atoms with E-state index in [2.05, 4.69) is 0 Å². The van der Waals surface area contributed by atoms with Gasteiger partial charge in [0.2, 0.25) is 5.91 Å². The highest BCUT2D eigenvalue weighted by molar-refractivity contribution is 8.18. The summed E-state index contributed by atoms with van der Waals surface area (Å²) in [7, 11) is 0. The minimum atomic E-state index is -0.452. The number of nitrogens with zero attached hydrogens (tertiary/aromatic N) is 2. The molecule has 2 aliphatic heterocycles. The second-order valence-electron chi connectivity index (χ2n) is 7.11. The zero-order valence-corrected chi connectivity index (χ0v) is 17.7. The highest BCUT2D eigenvalue weighted by Gasteiger charge is 2.37. The molecule has 0 atom stereocenters. The number of amides is 3. The van der Waals surface area contributed by atoms with Gasteiger partial charge < -0.3 is 14.4 Å². The van der Waals surface area contributed by atoms with Crippen molar-refractivity contribution >= 4 is 34.9 Å². The molecule has 3 amide bonds. The summed E-state index contributed by atoms with van der Waals surface area (Å²) in [6.07, 6.45) is 1.65. The van der Waals surface area contributed by atoms with Crippen LogP contribution >= 0.6 is 11.8 Å². The smallest absolute Gasteiger partial charge is 0.294 e. The average molecular weight is 439 g/mol. The third kappa shape index (κ3) is 5.34. The summed E-state index contributed by atoms with van der Waals surface area (Å²) in [6.45, 7) is 2.07. The van der Waals surface area contributed by atoms with Crippen LogP contribution in [0.2, 0.25) is 0 Å². The molecule has 0 aromatic heterocycles. The molecule has 8 heteroatoms. The van der Waals surface area contributed by atoms with E-state index in [0.717, 1.165) is 27.8 Å². The largest absolute Gasteiger partial charge is 0.489 e. The number of carbonyl (C=O) groups is 3. The summed E-state index contributed by atoms with van der Waals surface area (Å²) >= 11 is 0.844. The Morgan fingerprint density at radius 3 is 2.61 bits per heavy atom. The quantitative estimate of drug-likeness (QED) is 0.645. The number of hydrogen-bond donors (Lipinski definition) is 0. The molecule has 0 saturated carbocycles. The first-order valence-electron chi connectivity index (χ1n) is 9.98. The van der Waals surface area contributed by atoms with Crippen molar-refractivity contribution in [1.82, 2.24) is 9.80 Å². The molecular weight excluding hydrogens is 416 g/mol. The van der Waals surface area contributed by atoms with E-state index >= 15 is 0 Å². The zero-order valence-electron chi connectivity index (χ0n) is 16.9. The van der Waals surface area contributed by atoms with Crippen LogP contribution in [0.5, 0.6) is 5.75 Å². The van der Waals surface area contributed by atoms with Crippen LogP contribution in [-0.2, 0) is 20.9 Å². The van der Waals surface area contributed by atoms with Crippen molar-refractivity contribution in [3.05, 3.63) is 70.6 Å². The normalized spacial score (nSPS) is 18.0. The van der Waals surface area contributed by atoms with E-state index in [9.17, 15) is 14.4 Å². The van der Waals surface area contributed by atoms with Crippen molar-refractivity contribution in [3.63, 3.8) is 0 Å². The highest BCUT2D eigenvalue weighted by Crippen LogP contribution is 2.32. The van der Waals surface area contributed by atoms with Gasteiger partial charge in [-0.3, -0.25) is 19.3 Å². The standard InChI is InChI=1S/C23H22N2O5S/c26-21(24-9-11-29-12-10-24)15-25-22(27)20(31-23(25)28)14-18-7-4-8-19(13-18)30-16-17-5-2-1-3-6-17/h1-8,13-14H,9-12,15-16H2/b20-14+. The van der Waals surface area contributed by atoms with Crippen molar-refractivity contribution < 1.29 is 23.9 Å². The van der Waals surface area contributed by atoms with Crippen LogP contribution in [0.15, 0.2) is 59.5 Å². The fourth-order valence-electron chi connectivity index (χ4n) is 3.27. The lowest BCUT2D eigenvalue weighted by atomic mass is 10.2. The van der Waals surface area contributed by atoms with Gasteiger partial charge in [-0.1, -0.05) is 42.5 Å². The molecule has 7 nitrogen and oxygen atoms in total. The molecule has 0 N–H and O–H groups in total. The first-order chi connectivity index (χ1) is 15.1. The second kappa shape index (κ2) is 9.80. The van der Waals surface area contributed by atoms with Crippen LogP contribution < -0.4 is 4.74 Å². The molecule has 0 spiro atoms. The van der Waals surface area contributed by atoms with Crippen LogP contribution in [0.4, 0.5) is 4.79 Å². The number of morpholine rings is 1. The predicted octanol–water partition coefficient (Wildman–Crippen LogP) is 3.16. The summed E-state index contributed by atoms with van der Waals surface area (Å²) in [5.74, 6) is -0.0327. The number of rotatable bonds is 6. The van der Waals surface area contributed by atoms with Gasteiger partial charge in [0.25, 0.3) is 11.1 Å². The first-order valence-corrected chi connectivity index (χ1v) is 10.8. The maximum absolute atomic E-state index is 12.7. The van der Waals surface area contributed by atoms with Crippen molar-refractivity contribution in [2.75, 3.05) is 32.8 Å².